The number of rotatable bonds is 4. The molecule has 0 unspecified atom stereocenters. The van der Waals surface area contributed by atoms with Gasteiger partial charge in [0.05, 0.1) is 0 Å². The number of sulfonamides is 1. The standard InChI is InChI=1S/C13H15FN2O2S2/c1-19-10-6-5-9(7-10)16-20(17,18)13-4-2-3-12(14)11(13)8-15/h2-4,9-10,16H,5-7H2,1H3/t9-,10-/m0/s1. The van der Waals surface area contributed by atoms with Gasteiger partial charge in [0.15, 0.2) is 0 Å². The summed E-state index contributed by atoms with van der Waals surface area (Å²) in [6.45, 7) is 0. The number of thioether (sulfide) groups is 1. The zero-order valence-electron chi connectivity index (χ0n) is 11.0. The SMILES string of the molecule is CS[C@H]1CC[C@H](NS(=O)(=O)c2cccc(F)c2C#N)C1. The lowest BCUT2D eigenvalue weighted by Crippen LogP contribution is -2.33. The van der Waals surface area contributed by atoms with Crippen molar-refractivity contribution in [3.8, 4) is 6.07 Å². The maximum Gasteiger partial charge on any atom is 0.242 e. The van der Waals surface area contributed by atoms with Gasteiger partial charge in [-0.1, -0.05) is 6.07 Å². The van der Waals surface area contributed by atoms with E-state index in [0.717, 1.165) is 25.3 Å². The molecule has 1 aromatic rings. The Balaban J connectivity index is 2.24. The molecule has 0 aliphatic heterocycles. The van der Waals surface area contributed by atoms with Gasteiger partial charge in [0, 0.05) is 11.3 Å². The van der Waals surface area contributed by atoms with E-state index in [0.29, 0.717) is 5.25 Å². The molecule has 2 atom stereocenters. The molecule has 1 saturated carbocycles. The fraction of sp³-hybridized carbons (Fsp3) is 0.462. The summed E-state index contributed by atoms with van der Waals surface area (Å²) in [7, 11) is -3.86. The zero-order valence-corrected chi connectivity index (χ0v) is 12.6. The first kappa shape index (κ1) is 15.3. The Morgan fingerprint density at radius 3 is 2.80 bits per heavy atom. The predicted molar refractivity (Wildman–Crippen MR) is 76.4 cm³/mol. The highest BCUT2D eigenvalue weighted by atomic mass is 32.2. The molecule has 0 amide bonds. The number of hydrogen-bond acceptors (Lipinski definition) is 4. The van der Waals surface area contributed by atoms with Crippen LogP contribution in [-0.2, 0) is 10.0 Å². The zero-order chi connectivity index (χ0) is 14.8. The van der Waals surface area contributed by atoms with E-state index in [1.165, 1.54) is 12.1 Å². The molecule has 0 radical (unpaired) electrons. The summed E-state index contributed by atoms with van der Waals surface area (Å²) >= 11 is 1.72. The van der Waals surface area contributed by atoms with Crippen LogP contribution in [0.4, 0.5) is 4.39 Å². The number of halogens is 1. The largest absolute Gasteiger partial charge is 0.242 e. The van der Waals surface area contributed by atoms with Crippen LogP contribution in [0.2, 0.25) is 0 Å². The van der Waals surface area contributed by atoms with Gasteiger partial charge in [0.25, 0.3) is 0 Å². The third kappa shape index (κ3) is 3.14. The molecule has 1 aromatic carbocycles. The van der Waals surface area contributed by atoms with Crippen molar-refractivity contribution in [2.45, 2.75) is 35.4 Å². The molecule has 1 fully saturated rings. The number of nitrogens with zero attached hydrogens (tertiary/aromatic N) is 1. The average molecular weight is 314 g/mol. The van der Waals surface area contributed by atoms with E-state index >= 15 is 0 Å². The van der Waals surface area contributed by atoms with Crippen molar-refractivity contribution >= 4 is 21.8 Å². The first-order valence-corrected chi connectivity index (χ1v) is 8.98. The predicted octanol–water partition coefficient (Wildman–Crippen LogP) is 2.26. The highest BCUT2D eigenvalue weighted by Gasteiger charge is 2.29. The third-order valence-electron chi connectivity index (χ3n) is 3.42. The lowest BCUT2D eigenvalue weighted by atomic mass is 10.2. The topological polar surface area (TPSA) is 70.0 Å². The van der Waals surface area contributed by atoms with Crippen LogP contribution in [0.15, 0.2) is 23.1 Å². The van der Waals surface area contributed by atoms with Crippen molar-refractivity contribution in [2.24, 2.45) is 0 Å². The van der Waals surface area contributed by atoms with Crippen LogP contribution < -0.4 is 4.72 Å². The lowest BCUT2D eigenvalue weighted by molar-refractivity contribution is 0.550. The van der Waals surface area contributed by atoms with Crippen LogP contribution in [0.5, 0.6) is 0 Å². The second-order valence-corrected chi connectivity index (χ2v) is 7.53. The molecular formula is C13H15FN2O2S2. The van der Waals surface area contributed by atoms with Crippen molar-refractivity contribution < 1.29 is 12.8 Å². The molecule has 0 aromatic heterocycles. The summed E-state index contributed by atoms with van der Waals surface area (Å²) in [6.07, 6.45) is 4.49. The molecule has 2 rings (SSSR count). The summed E-state index contributed by atoms with van der Waals surface area (Å²) in [4.78, 5) is -0.285. The maximum absolute atomic E-state index is 13.5. The summed E-state index contributed by atoms with van der Waals surface area (Å²) in [5.41, 5.74) is -0.431. The van der Waals surface area contributed by atoms with E-state index in [1.54, 1.807) is 17.8 Å². The van der Waals surface area contributed by atoms with Crippen molar-refractivity contribution in [3.63, 3.8) is 0 Å². The smallest absolute Gasteiger partial charge is 0.208 e. The van der Waals surface area contributed by atoms with Gasteiger partial charge < -0.3 is 0 Å². The molecule has 0 bridgehead atoms. The second-order valence-electron chi connectivity index (χ2n) is 4.71. The number of nitrogens with one attached hydrogen (secondary N) is 1. The van der Waals surface area contributed by atoms with Gasteiger partial charge in [0.1, 0.15) is 22.3 Å². The van der Waals surface area contributed by atoms with E-state index in [4.69, 9.17) is 5.26 Å². The summed E-state index contributed by atoms with van der Waals surface area (Å²) in [6, 6.07) is 5.10. The molecule has 7 heteroatoms. The monoisotopic (exact) mass is 314 g/mol. The van der Waals surface area contributed by atoms with E-state index in [2.05, 4.69) is 4.72 Å². The summed E-state index contributed by atoms with van der Waals surface area (Å²) < 4.78 is 40.6. The van der Waals surface area contributed by atoms with Gasteiger partial charge >= 0.3 is 0 Å². The maximum atomic E-state index is 13.5. The molecule has 20 heavy (non-hydrogen) atoms. The number of nitriles is 1. The minimum atomic E-state index is -3.86. The van der Waals surface area contributed by atoms with Crippen molar-refractivity contribution in [3.05, 3.63) is 29.6 Å². The fourth-order valence-corrected chi connectivity index (χ4v) is 4.63. The molecule has 108 valence electrons. The lowest BCUT2D eigenvalue weighted by Gasteiger charge is -2.14. The quantitative estimate of drug-likeness (QED) is 0.925. The fourth-order valence-electron chi connectivity index (χ4n) is 2.38. The van der Waals surface area contributed by atoms with Crippen LogP contribution in [-0.4, -0.2) is 26.0 Å². The normalized spacial score (nSPS) is 22.6. The Hall–Kier alpha value is -1.10. The van der Waals surface area contributed by atoms with Crippen LogP contribution in [0.1, 0.15) is 24.8 Å². The van der Waals surface area contributed by atoms with E-state index < -0.39 is 21.4 Å². The molecule has 1 aliphatic rings. The Bertz CT molecular complexity index is 640. The van der Waals surface area contributed by atoms with E-state index in [1.807, 2.05) is 6.26 Å². The Morgan fingerprint density at radius 1 is 1.45 bits per heavy atom. The van der Waals surface area contributed by atoms with Gasteiger partial charge in [-0.15, -0.1) is 0 Å². The molecule has 0 spiro atoms. The third-order valence-corrected chi connectivity index (χ3v) is 6.07. The van der Waals surface area contributed by atoms with Gasteiger partial charge in [0.2, 0.25) is 10.0 Å². The van der Waals surface area contributed by atoms with E-state index in [-0.39, 0.29) is 10.9 Å². The molecule has 0 heterocycles. The first-order valence-electron chi connectivity index (χ1n) is 6.21. The first-order chi connectivity index (χ1) is 9.47. The summed E-state index contributed by atoms with van der Waals surface area (Å²) in [5, 5.41) is 9.37. The van der Waals surface area contributed by atoms with Crippen LogP contribution in [0.3, 0.4) is 0 Å². The number of hydrogen-bond donors (Lipinski definition) is 1. The van der Waals surface area contributed by atoms with Gasteiger partial charge in [-0.05, 0) is 37.7 Å². The molecule has 1 N–H and O–H groups in total. The van der Waals surface area contributed by atoms with Crippen LogP contribution in [0.25, 0.3) is 0 Å². The molecule has 4 nitrogen and oxygen atoms in total. The average Bonchev–Trinajstić information content (AvgIpc) is 2.85. The van der Waals surface area contributed by atoms with Crippen molar-refractivity contribution in [1.29, 1.82) is 5.26 Å². The van der Waals surface area contributed by atoms with Crippen molar-refractivity contribution in [1.82, 2.24) is 4.72 Å². The highest BCUT2D eigenvalue weighted by molar-refractivity contribution is 7.99. The second kappa shape index (κ2) is 6.12. The van der Waals surface area contributed by atoms with E-state index in [9.17, 15) is 12.8 Å². The minimum absolute atomic E-state index is 0.146. The highest BCUT2D eigenvalue weighted by Crippen LogP contribution is 2.29. The number of benzene rings is 1. The van der Waals surface area contributed by atoms with Crippen molar-refractivity contribution in [2.75, 3.05) is 6.26 Å². The Labute approximate surface area is 122 Å². The van der Waals surface area contributed by atoms with Crippen LogP contribution in [0, 0.1) is 17.1 Å². The van der Waals surface area contributed by atoms with Gasteiger partial charge in [-0.2, -0.15) is 17.0 Å². The van der Waals surface area contributed by atoms with Gasteiger partial charge in [-0.3, -0.25) is 0 Å². The molecule has 0 saturated heterocycles. The Kier molecular flexibility index (Phi) is 4.68. The van der Waals surface area contributed by atoms with Crippen LogP contribution >= 0.6 is 11.8 Å². The Morgan fingerprint density at radius 2 is 2.20 bits per heavy atom. The van der Waals surface area contributed by atoms with Gasteiger partial charge in [-0.25, -0.2) is 17.5 Å². The minimum Gasteiger partial charge on any atom is -0.208 e. The molecular weight excluding hydrogens is 299 g/mol. The molecule has 1 aliphatic carbocycles. The summed E-state index contributed by atoms with van der Waals surface area (Å²) in [5.74, 6) is -0.816.